The standard InChI is InChI=1S/C14H20N2O5S/c1-4-22(19,20)12-5-6-13(14(7-12)16(17)18)15-8-10(2)21-11(3)9-15/h5-7,10-11H,4,8-9H2,1-3H3/t10-,11-/m0/s1. The highest BCUT2D eigenvalue weighted by Gasteiger charge is 2.28. The number of rotatable bonds is 4. The molecule has 2 rings (SSSR count). The first-order chi connectivity index (χ1) is 10.2. The molecule has 8 heteroatoms. The number of hydrogen-bond donors (Lipinski definition) is 0. The maximum Gasteiger partial charge on any atom is 0.293 e. The van der Waals surface area contributed by atoms with Crippen molar-refractivity contribution in [3.8, 4) is 0 Å². The second-order valence-electron chi connectivity index (χ2n) is 5.47. The number of ether oxygens (including phenoxy) is 1. The molecule has 1 aliphatic rings. The van der Waals surface area contributed by atoms with Crippen LogP contribution in [0.2, 0.25) is 0 Å². The Morgan fingerprint density at radius 1 is 1.32 bits per heavy atom. The minimum atomic E-state index is -3.47. The van der Waals surface area contributed by atoms with Crippen molar-refractivity contribution in [3.05, 3.63) is 28.3 Å². The van der Waals surface area contributed by atoms with Crippen molar-refractivity contribution in [3.63, 3.8) is 0 Å². The highest BCUT2D eigenvalue weighted by molar-refractivity contribution is 7.91. The van der Waals surface area contributed by atoms with Crippen molar-refractivity contribution in [2.75, 3.05) is 23.7 Å². The Kier molecular flexibility index (Phi) is 4.72. The van der Waals surface area contributed by atoms with Crippen LogP contribution in [0.5, 0.6) is 0 Å². The molecule has 0 N–H and O–H groups in total. The first kappa shape index (κ1) is 16.7. The smallest absolute Gasteiger partial charge is 0.293 e. The van der Waals surface area contributed by atoms with Crippen LogP contribution >= 0.6 is 0 Å². The van der Waals surface area contributed by atoms with Crippen LogP contribution in [0.15, 0.2) is 23.1 Å². The van der Waals surface area contributed by atoms with Gasteiger partial charge in [0.1, 0.15) is 5.69 Å². The highest BCUT2D eigenvalue weighted by Crippen LogP contribution is 2.32. The van der Waals surface area contributed by atoms with Crippen LogP contribution in [0.1, 0.15) is 20.8 Å². The zero-order valence-electron chi connectivity index (χ0n) is 12.9. The second kappa shape index (κ2) is 6.21. The maximum atomic E-state index is 11.9. The van der Waals surface area contributed by atoms with Crippen molar-refractivity contribution in [1.29, 1.82) is 0 Å². The van der Waals surface area contributed by atoms with E-state index >= 15 is 0 Å². The summed E-state index contributed by atoms with van der Waals surface area (Å²) in [5, 5.41) is 11.3. The van der Waals surface area contributed by atoms with Gasteiger partial charge in [-0.3, -0.25) is 10.1 Å². The first-order valence-electron chi connectivity index (χ1n) is 7.16. The van der Waals surface area contributed by atoms with E-state index in [9.17, 15) is 18.5 Å². The quantitative estimate of drug-likeness (QED) is 0.620. The molecule has 0 radical (unpaired) electrons. The number of benzene rings is 1. The van der Waals surface area contributed by atoms with Crippen molar-refractivity contribution in [1.82, 2.24) is 0 Å². The molecule has 1 aromatic rings. The van der Waals surface area contributed by atoms with E-state index in [4.69, 9.17) is 4.74 Å². The molecule has 1 saturated heterocycles. The lowest BCUT2D eigenvalue weighted by atomic mass is 10.2. The van der Waals surface area contributed by atoms with Crippen LogP contribution in [0.3, 0.4) is 0 Å². The van der Waals surface area contributed by atoms with Gasteiger partial charge in [0.25, 0.3) is 5.69 Å². The topological polar surface area (TPSA) is 89.8 Å². The van der Waals surface area contributed by atoms with Gasteiger partial charge in [-0.05, 0) is 26.0 Å². The lowest BCUT2D eigenvalue weighted by Crippen LogP contribution is -2.45. The molecule has 122 valence electrons. The Morgan fingerprint density at radius 3 is 2.41 bits per heavy atom. The van der Waals surface area contributed by atoms with E-state index in [1.807, 2.05) is 18.7 Å². The molecule has 2 atom stereocenters. The predicted octanol–water partition coefficient (Wildman–Crippen LogP) is 2.00. The first-order valence-corrected chi connectivity index (χ1v) is 8.81. The summed E-state index contributed by atoms with van der Waals surface area (Å²) in [4.78, 5) is 12.7. The van der Waals surface area contributed by atoms with E-state index in [1.165, 1.54) is 19.1 Å². The van der Waals surface area contributed by atoms with Gasteiger partial charge in [-0.2, -0.15) is 0 Å². The lowest BCUT2D eigenvalue weighted by molar-refractivity contribution is -0.384. The molecule has 0 saturated carbocycles. The molecule has 1 aromatic carbocycles. The molecular weight excluding hydrogens is 308 g/mol. The average molecular weight is 328 g/mol. The summed E-state index contributed by atoms with van der Waals surface area (Å²) in [5.41, 5.74) is 0.248. The van der Waals surface area contributed by atoms with Crippen LogP contribution in [0.4, 0.5) is 11.4 Å². The monoisotopic (exact) mass is 328 g/mol. The maximum absolute atomic E-state index is 11.9. The molecule has 0 spiro atoms. The van der Waals surface area contributed by atoms with E-state index in [2.05, 4.69) is 0 Å². The molecule has 0 bridgehead atoms. The number of nitro groups is 1. The highest BCUT2D eigenvalue weighted by atomic mass is 32.2. The Morgan fingerprint density at radius 2 is 1.91 bits per heavy atom. The van der Waals surface area contributed by atoms with E-state index in [-0.39, 0.29) is 28.5 Å². The Bertz CT molecular complexity index is 664. The van der Waals surface area contributed by atoms with Crippen molar-refractivity contribution < 1.29 is 18.1 Å². The summed E-state index contributed by atoms with van der Waals surface area (Å²) in [7, 11) is -3.47. The number of hydrogen-bond acceptors (Lipinski definition) is 6. The molecule has 0 aliphatic carbocycles. The van der Waals surface area contributed by atoms with Crippen LogP contribution in [0.25, 0.3) is 0 Å². The molecule has 1 fully saturated rings. The zero-order valence-corrected chi connectivity index (χ0v) is 13.7. The third-order valence-electron chi connectivity index (χ3n) is 3.64. The minimum absolute atomic E-state index is 0.0141. The SMILES string of the molecule is CCS(=O)(=O)c1ccc(N2C[C@H](C)O[C@@H](C)C2)c([N+](=O)[O-])c1. The summed E-state index contributed by atoms with van der Waals surface area (Å²) in [6, 6.07) is 4.11. The molecule has 1 aliphatic heterocycles. The fourth-order valence-corrected chi connectivity index (χ4v) is 3.55. The van der Waals surface area contributed by atoms with Crippen LogP contribution in [0, 0.1) is 10.1 Å². The number of nitro benzene ring substituents is 1. The summed E-state index contributed by atoms with van der Waals surface area (Å²) < 4.78 is 29.4. The van der Waals surface area contributed by atoms with Crippen molar-refractivity contribution in [2.24, 2.45) is 0 Å². The summed E-state index contributed by atoms with van der Waals surface area (Å²) in [5.74, 6) is -0.0882. The van der Waals surface area contributed by atoms with Gasteiger partial charge in [0, 0.05) is 19.2 Å². The lowest BCUT2D eigenvalue weighted by Gasteiger charge is -2.36. The summed E-state index contributed by atoms with van der Waals surface area (Å²) in [6.45, 7) is 6.39. The Hall–Kier alpha value is -1.67. The fourth-order valence-electron chi connectivity index (χ4n) is 2.65. The van der Waals surface area contributed by atoms with E-state index in [0.29, 0.717) is 18.8 Å². The zero-order chi connectivity index (χ0) is 16.5. The fraction of sp³-hybridized carbons (Fsp3) is 0.571. The van der Waals surface area contributed by atoms with Gasteiger partial charge in [0.15, 0.2) is 9.84 Å². The summed E-state index contributed by atoms with van der Waals surface area (Å²) in [6.07, 6.45) is -0.0789. The van der Waals surface area contributed by atoms with Gasteiger partial charge < -0.3 is 9.64 Å². The number of nitrogens with zero attached hydrogens (tertiary/aromatic N) is 2. The van der Waals surface area contributed by atoms with Gasteiger partial charge in [-0.1, -0.05) is 6.92 Å². The third kappa shape index (κ3) is 3.38. The van der Waals surface area contributed by atoms with Gasteiger partial charge in [-0.15, -0.1) is 0 Å². The Labute approximate surface area is 129 Å². The van der Waals surface area contributed by atoms with Gasteiger partial charge >= 0.3 is 0 Å². The average Bonchev–Trinajstić information content (AvgIpc) is 2.45. The van der Waals surface area contributed by atoms with Gasteiger partial charge in [0.2, 0.25) is 0 Å². The third-order valence-corrected chi connectivity index (χ3v) is 5.38. The minimum Gasteiger partial charge on any atom is -0.372 e. The molecule has 1 heterocycles. The van der Waals surface area contributed by atoms with E-state index in [1.54, 1.807) is 0 Å². The van der Waals surface area contributed by atoms with Crippen molar-refractivity contribution in [2.45, 2.75) is 37.9 Å². The van der Waals surface area contributed by atoms with E-state index in [0.717, 1.165) is 6.07 Å². The largest absolute Gasteiger partial charge is 0.372 e. The molecule has 22 heavy (non-hydrogen) atoms. The molecule has 0 aromatic heterocycles. The van der Waals surface area contributed by atoms with Gasteiger partial charge in [0.05, 0.1) is 27.8 Å². The molecule has 0 unspecified atom stereocenters. The van der Waals surface area contributed by atoms with Crippen LogP contribution in [-0.4, -0.2) is 44.4 Å². The summed E-state index contributed by atoms with van der Waals surface area (Å²) >= 11 is 0. The number of sulfone groups is 1. The van der Waals surface area contributed by atoms with Crippen molar-refractivity contribution >= 4 is 21.2 Å². The van der Waals surface area contributed by atoms with E-state index < -0.39 is 14.8 Å². The number of anilines is 1. The normalized spacial score (nSPS) is 22.6. The number of morpholine rings is 1. The van der Waals surface area contributed by atoms with Crippen LogP contribution < -0.4 is 4.90 Å². The second-order valence-corrected chi connectivity index (χ2v) is 7.75. The molecular formula is C14H20N2O5S. The molecule has 0 amide bonds. The van der Waals surface area contributed by atoms with Gasteiger partial charge in [-0.25, -0.2) is 8.42 Å². The molecule has 7 nitrogen and oxygen atoms in total. The van der Waals surface area contributed by atoms with Crippen LogP contribution in [-0.2, 0) is 14.6 Å². The predicted molar refractivity (Wildman–Crippen MR) is 83.0 cm³/mol. The Balaban J connectivity index is 2.46.